The Hall–Kier alpha value is -4.19. The number of hydrogen-bond acceptors (Lipinski definition) is 6. The summed E-state index contributed by atoms with van der Waals surface area (Å²) < 4.78 is 26.5. The molecule has 2 aromatic heterocycles. The van der Waals surface area contributed by atoms with Crippen molar-refractivity contribution >= 4 is 32.6 Å². The number of aryl methyl sites for hydroxylation is 2. The summed E-state index contributed by atoms with van der Waals surface area (Å²) in [6.45, 7) is 4.74. The van der Waals surface area contributed by atoms with E-state index in [0.29, 0.717) is 54.1 Å². The number of phenolic OH excluding ortho intramolecular Hbond substituents is 1. The van der Waals surface area contributed by atoms with E-state index < -0.39 is 5.82 Å². The first kappa shape index (κ1) is 29.2. The fourth-order valence-corrected chi connectivity index (χ4v) is 8.44. The van der Waals surface area contributed by atoms with E-state index in [2.05, 4.69) is 47.0 Å². The smallest absolute Gasteiger partial charge is 0.223 e. The van der Waals surface area contributed by atoms with E-state index in [1.165, 1.54) is 5.69 Å². The fourth-order valence-electron chi connectivity index (χ4n) is 8.44. The lowest BCUT2D eigenvalue weighted by atomic mass is 9.79. The molecule has 3 unspecified atom stereocenters. The lowest BCUT2D eigenvalue weighted by Crippen LogP contribution is -2.39. The van der Waals surface area contributed by atoms with Gasteiger partial charge in [-0.1, -0.05) is 37.6 Å². The van der Waals surface area contributed by atoms with Gasteiger partial charge in [-0.25, -0.2) is 9.37 Å². The Kier molecular flexibility index (Phi) is 7.34. The van der Waals surface area contributed by atoms with E-state index in [1.54, 1.807) is 12.1 Å². The molecule has 7 nitrogen and oxygen atoms in total. The third-order valence-electron chi connectivity index (χ3n) is 10.7. The normalized spacial score (nSPS) is 22.6. The maximum atomic E-state index is 17.5. The third-order valence-corrected chi connectivity index (χ3v) is 10.7. The highest BCUT2D eigenvalue weighted by molar-refractivity contribution is 6.10. The molecule has 2 N–H and O–H groups in total. The summed E-state index contributed by atoms with van der Waals surface area (Å²) in [6.07, 6.45) is 5.91. The molecule has 3 aromatic carbocycles. The number of likely N-dealkylation sites (tertiary alicyclic amines) is 1. The van der Waals surface area contributed by atoms with Gasteiger partial charge < -0.3 is 24.6 Å². The van der Waals surface area contributed by atoms with Gasteiger partial charge in [0.2, 0.25) is 5.88 Å². The van der Waals surface area contributed by atoms with Gasteiger partial charge in [0.25, 0.3) is 0 Å². The number of rotatable bonds is 9. The van der Waals surface area contributed by atoms with Crippen LogP contribution in [-0.4, -0.2) is 58.4 Å². The van der Waals surface area contributed by atoms with Crippen LogP contribution in [0.1, 0.15) is 56.3 Å². The topological polar surface area (TPSA) is 86.3 Å². The molecule has 0 radical (unpaired) electrons. The molecule has 9 rings (SSSR count). The predicted molar refractivity (Wildman–Crippen MR) is 180 cm³/mol. The lowest BCUT2D eigenvalue weighted by molar-refractivity contribution is 0.195. The van der Waals surface area contributed by atoms with Crippen LogP contribution in [0.2, 0.25) is 0 Å². The van der Waals surface area contributed by atoms with Crippen LogP contribution >= 0.6 is 0 Å². The van der Waals surface area contributed by atoms with Crippen molar-refractivity contribution in [2.45, 2.75) is 70.0 Å². The maximum absolute atomic E-state index is 17.5. The Balaban J connectivity index is 1.42. The highest BCUT2D eigenvalue weighted by Crippen LogP contribution is 2.49. The Labute approximate surface area is 268 Å². The minimum atomic E-state index is -0.439. The molecule has 4 fully saturated rings. The first-order valence-electron chi connectivity index (χ1n) is 16.8. The second-order valence-electron chi connectivity index (χ2n) is 13.5. The van der Waals surface area contributed by atoms with E-state index in [1.807, 2.05) is 24.3 Å². The van der Waals surface area contributed by atoms with Crippen molar-refractivity contribution in [2.24, 2.45) is 5.92 Å². The van der Waals surface area contributed by atoms with Crippen LogP contribution in [0.15, 0.2) is 48.5 Å². The van der Waals surface area contributed by atoms with Gasteiger partial charge in [0, 0.05) is 41.7 Å². The number of likely N-dealkylation sites (N-methyl/N-ethyl adjacent to an activating group) is 1. The van der Waals surface area contributed by atoms with Crippen LogP contribution in [0.3, 0.4) is 0 Å². The minimum Gasteiger partial charge on any atom is -0.508 e. The number of phenols is 1. The second kappa shape index (κ2) is 11.6. The Bertz CT molecular complexity index is 2020. The summed E-state index contributed by atoms with van der Waals surface area (Å²) >= 11 is 0. The van der Waals surface area contributed by atoms with Crippen molar-refractivity contribution < 1.29 is 14.2 Å². The second-order valence-corrected chi connectivity index (χ2v) is 13.5. The number of benzene rings is 3. The third kappa shape index (κ3) is 4.63. The zero-order valence-electron chi connectivity index (χ0n) is 26.5. The van der Waals surface area contributed by atoms with E-state index in [0.717, 1.165) is 77.8 Å². The number of aromatic nitrogens is 2. The van der Waals surface area contributed by atoms with Crippen molar-refractivity contribution in [2.75, 3.05) is 26.7 Å². The number of ether oxygens (including phenoxy) is 1. The van der Waals surface area contributed by atoms with Crippen molar-refractivity contribution in [3.8, 4) is 28.8 Å². The van der Waals surface area contributed by atoms with Crippen LogP contribution in [0.5, 0.6) is 11.6 Å². The first-order valence-corrected chi connectivity index (χ1v) is 16.8. The van der Waals surface area contributed by atoms with Gasteiger partial charge in [-0.3, -0.25) is 0 Å². The molecule has 46 heavy (non-hydrogen) atoms. The molecule has 1 aliphatic carbocycles. The number of nitriles is 1. The molecule has 3 aliphatic heterocycles. The molecule has 5 heterocycles. The summed E-state index contributed by atoms with van der Waals surface area (Å²) in [4.78, 5) is 7.33. The van der Waals surface area contributed by atoms with Gasteiger partial charge in [0.1, 0.15) is 17.9 Å². The van der Waals surface area contributed by atoms with Gasteiger partial charge in [-0.15, -0.1) is 0 Å². The van der Waals surface area contributed by atoms with Crippen LogP contribution in [-0.2, 0) is 12.8 Å². The summed E-state index contributed by atoms with van der Waals surface area (Å²) in [5.41, 5.74) is 4.22. The van der Waals surface area contributed by atoms with Gasteiger partial charge in [-0.2, -0.15) is 5.26 Å². The van der Waals surface area contributed by atoms with Crippen LogP contribution < -0.4 is 10.1 Å². The van der Waals surface area contributed by atoms with Crippen molar-refractivity contribution in [1.29, 1.82) is 5.26 Å². The summed E-state index contributed by atoms with van der Waals surface area (Å²) in [6, 6.07) is 18.6. The van der Waals surface area contributed by atoms with Gasteiger partial charge in [-0.05, 0) is 97.8 Å². The van der Waals surface area contributed by atoms with Crippen molar-refractivity contribution in [3.63, 3.8) is 0 Å². The van der Waals surface area contributed by atoms with Crippen molar-refractivity contribution in [1.82, 2.24) is 19.8 Å². The standard InChI is InChI=1S/C38H40FN5O2/c1-3-8-25-18-31-37(44(25)36-24-17-32(36)41-20-24)30-16-23(10-6-13-40)33(29-19-27(45)15-22-9-4-5-12-28(22)29)34(39)35(30)42-38(31)46-21-26-11-7-14-43(26)2/h4-5,9,12,15-16,18-19,24,26,32,36,41,45H,3,6-8,10-11,14,17,20-21H2,1-2H3/t24?,26-,32?,36?/m0/s1. The molecule has 236 valence electrons. The molecule has 1 saturated carbocycles. The zero-order chi connectivity index (χ0) is 31.5. The molecule has 3 saturated heterocycles. The molecular weight excluding hydrogens is 577 g/mol. The molecule has 4 aliphatic rings. The molecule has 0 amide bonds. The molecule has 8 heteroatoms. The number of nitrogens with zero attached hydrogens (tertiary/aromatic N) is 4. The summed E-state index contributed by atoms with van der Waals surface area (Å²) in [5, 5.41) is 27.4. The number of aromatic hydroxyl groups is 1. The van der Waals surface area contributed by atoms with E-state index in [-0.39, 0.29) is 17.7 Å². The van der Waals surface area contributed by atoms with E-state index in [4.69, 9.17) is 9.72 Å². The van der Waals surface area contributed by atoms with E-state index in [9.17, 15) is 10.4 Å². The van der Waals surface area contributed by atoms with Gasteiger partial charge in [0.15, 0.2) is 5.82 Å². The molecule has 4 atom stereocenters. The largest absolute Gasteiger partial charge is 0.508 e. The highest BCUT2D eigenvalue weighted by atomic mass is 19.1. The number of hydrogen-bond donors (Lipinski definition) is 2. The Morgan fingerprint density at radius 2 is 2.00 bits per heavy atom. The van der Waals surface area contributed by atoms with Crippen LogP contribution in [0.25, 0.3) is 43.7 Å². The lowest BCUT2D eigenvalue weighted by Gasteiger charge is -2.38. The maximum Gasteiger partial charge on any atom is 0.223 e. The Morgan fingerprint density at radius 1 is 1.13 bits per heavy atom. The fraction of sp³-hybridized carbons (Fsp3) is 0.421. The SMILES string of the molecule is CCCc1cc2c(OC[C@@H]3CCCN3C)nc3c(F)c(-c4cc(O)cc5ccccc45)c(CCC#N)cc3c2n1C1C2CNC1C2. The molecule has 2 bridgehead atoms. The van der Waals surface area contributed by atoms with Crippen LogP contribution in [0.4, 0.5) is 4.39 Å². The van der Waals surface area contributed by atoms with Gasteiger partial charge >= 0.3 is 0 Å². The summed E-state index contributed by atoms with van der Waals surface area (Å²) in [5.74, 6) is 0.648. The number of nitrogens with one attached hydrogen (secondary N) is 1. The monoisotopic (exact) mass is 617 g/mol. The van der Waals surface area contributed by atoms with E-state index >= 15 is 4.39 Å². The average molecular weight is 618 g/mol. The van der Waals surface area contributed by atoms with Crippen LogP contribution in [0, 0.1) is 23.1 Å². The molecular formula is C38H40FN5O2. The molecule has 5 aromatic rings. The first-order chi connectivity index (χ1) is 22.5. The number of pyridine rings is 1. The highest BCUT2D eigenvalue weighted by Gasteiger charge is 2.49. The predicted octanol–water partition coefficient (Wildman–Crippen LogP) is 7.27. The number of halogens is 1. The summed E-state index contributed by atoms with van der Waals surface area (Å²) in [7, 11) is 2.13. The average Bonchev–Trinajstić information content (AvgIpc) is 3.85. The molecule has 0 spiro atoms. The van der Waals surface area contributed by atoms with Crippen molar-refractivity contribution in [3.05, 3.63) is 65.6 Å². The van der Waals surface area contributed by atoms with Gasteiger partial charge in [0.05, 0.1) is 23.0 Å². The quantitative estimate of drug-likeness (QED) is 0.181. The zero-order valence-corrected chi connectivity index (χ0v) is 26.5. The minimum absolute atomic E-state index is 0.0681. The number of fused-ring (bicyclic) bond motifs is 5. The Morgan fingerprint density at radius 3 is 2.74 bits per heavy atom.